The number of aromatic nitrogens is 1. The Morgan fingerprint density at radius 3 is 2.56 bits per heavy atom. The van der Waals surface area contributed by atoms with Crippen LogP contribution in [0.2, 0.25) is 0 Å². The van der Waals surface area contributed by atoms with E-state index in [4.69, 9.17) is 0 Å². The number of amides is 1. The highest BCUT2D eigenvalue weighted by Gasteiger charge is 2.09. The Morgan fingerprint density at radius 1 is 1.39 bits per heavy atom. The maximum atomic E-state index is 11.7. The second-order valence-corrected chi connectivity index (χ2v) is 4.67. The van der Waals surface area contributed by atoms with Gasteiger partial charge < -0.3 is 10.2 Å². The van der Waals surface area contributed by atoms with Gasteiger partial charge in [0.15, 0.2) is 0 Å². The Bertz CT molecular complexity index is 373. The minimum absolute atomic E-state index is 0.0188. The van der Waals surface area contributed by atoms with Crippen LogP contribution in [0.5, 0.6) is 0 Å². The molecule has 1 atom stereocenters. The molecule has 0 bridgehead atoms. The molecule has 100 valence electrons. The minimum atomic E-state index is -0.0188. The molecule has 0 saturated heterocycles. The molecular formula is C14H23N3O. The Balaban J connectivity index is 2.68. The summed E-state index contributed by atoms with van der Waals surface area (Å²) in [6.45, 7) is 4.34. The zero-order valence-electron chi connectivity index (χ0n) is 11.7. The number of carbonyl (C=O) groups excluding carboxylic acids is 1. The van der Waals surface area contributed by atoms with Crippen LogP contribution in [0, 0.1) is 0 Å². The van der Waals surface area contributed by atoms with Crippen LogP contribution in [0.3, 0.4) is 0 Å². The number of carbonyl (C=O) groups is 1. The first-order valence-electron chi connectivity index (χ1n) is 6.52. The molecule has 0 aliphatic heterocycles. The lowest BCUT2D eigenvalue weighted by Gasteiger charge is -2.17. The SMILES string of the molecule is CCCC(CC)Nc1ccc(C(=O)N(C)C)cn1. The first-order chi connectivity index (χ1) is 8.58. The standard InChI is InChI=1S/C14H23N3O/c1-5-7-12(6-2)16-13-9-8-11(10-15-13)14(18)17(3)4/h8-10,12H,5-7H2,1-4H3,(H,15,16). The van der Waals surface area contributed by atoms with Gasteiger partial charge in [-0.15, -0.1) is 0 Å². The molecule has 1 heterocycles. The largest absolute Gasteiger partial charge is 0.367 e. The molecule has 0 saturated carbocycles. The first-order valence-corrected chi connectivity index (χ1v) is 6.52. The number of nitrogens with zero attached hydrogens (tertiary/aromatic N) is 2. The molecule has 1 aromatic heterocycles. The number of anilines is 1. The Labute approximate surface area is 109 Å². The fraction of sp³-hybridized carbons (Fsp3) is 0.571. The van der Waals surface area contributed by atoms with E-state index in [0.717, 1.165) is 25.1 Å². The van der Waals surface area contributed by atoms with Crippen LogP contribution in [-0.4, -0.2) is 35.9 Å². The second-order valence-electron chi connectivity index (χ2n) is 4.67. The van der Waals surface area contributed by atoms with Crippen molar-refractivity contribution in [2.45, 2.75) is 39.2 Å². The summed E-state index contributed by atoms with van der Waals surface area (Å²) in [5, 5.41) is 3.39. The van der Waals surface area contributed by atoms with Gasteiger partial charge in [0, 0.05) is 26.3 Å². The third-order valence-electron chi connectivity index (χ3n) is 2.90. The molecule has 0 aliphatic carbocycles. The molecule has 18 heavy (non-hydrogen) atoms. The average Bonchev–Trinajstić information content (AvgIpc) is 2.38. The maximum Gasteiger partial charge on any atom is 0.254 e. The lowest BCUT2D eigenvalue weighted by atomic mass is 10.1. The van der Waals surface area contributed by atoms with Crippen molar-refractivity contribution in [1.29, 1.82) is 0 Å². The normalized spacial score (nSPS) is 12.0. The van der Waals surface area contributed by atoms with Crippen molar-refractivity contribution in [2.24, 2.45) is 0 Å². The predicted molar refractivity (Wildman–Crippen MR) is 74.9 cm³/mol. The van der Waals surface area contributed by atoms with Gasteiger partial charge in [0.2, 0.25) is 0 Å². The van der Waals surface area contributed by atoms with Crippen LogP contribution in [0.1, 0.15) is 43.5 Å². The van der Waals surface area contributed by atoms with Crippen molar-refractivity contribution in [3.8, 4) is 0 Å². The van der Waals surface area contributed by atoms with E-state index in [9.17, 15) is 4.79 Å². The Morgan fingerprint density at radius 2 is 2.11 bits per heavy atom. The molecule has 0 aromatic carbocycles. The van der Waals surface area contributed by atoms with Crippen molar-refractivity contribution in [3.05, 3.63) is 23.9 Å². The molecule has 0 radical (unpaired) electrons. The highest BCUT2D eigenvalue weighted by molar-refractivity contribution is 5.93. The summed E-state index contributed by atoms with van der Waals surface area (Å²) >= 11 is 0. The number of pyridine rings is 1. The molecule has 1 N–H and O–H groups in total. The number of rotatable bonds is 6. The van der Waals surface area contributed by atoms with E-state index in [1.165, 1.54) is 0 Å². The monoisotopic (exact) mass is 249 g/mol. The molecule has 1 aromatic rings. The quantitative estimate of drug-likeness (QED) is 0.843. The van der Waals surface area contributed by atoms with Gasteiger partial charge >= 0.3 is 0 Å². The highest BCUT2D eigenvalue weighted by Crippen LogP contribution is 2.11. The molecule has 1 amide bonds. The van der Waals surface area contributed by atoms with E-state index in [1.807, 2.05) is 12.1 Å². The average molecular weight is 249 g/mol. The lowest BCUT2D eigenvalue weighted by Crippen LogP contribution is -2.22. The topological polar surface area (TPSA) is 45.2 Å². The third-order valence-corrected chi connectivity index (χ3v) is 2.90. The van der Waals surface area contributed by atoms with Crippen molar-refractivity contribution in [1.82, 2.24) is 9.88 Å². The van der Waals surface area contributed by atoms with Crippen molar-refractivity contribution >= 4 is 11.7 Å². The first kappa shape index (κ1) is 14.5. The molecule has 4 heteroatoms. The van der Waals surface area contributed by atoms with Crippen LogP contribution in [-0.2, 0) is 0 Å². The van der Waals surface area contributed by atoms with E-state index < -0.39 is 0 Å². The van der Waals surface area contributed by atoms with Crippen molar-refractivity contribution in [3.63, 3.8) is 0 Å². The van der Waals surface area contributed by atoms with E-state index >= 15 is 0 Å². The summed E-state index contributed by atoms with van der Waals surface area (Å²) in [6, 6.07) is 4.14. The smallest absolute Gasteiger partial charge is 0.254 e. The van der Waals surface area contributed by atoms with Gasteiger partial charge in [0.05, 0.1) is 5.56 Å². The van der Waals surface area contributed by atoms with Crippen LogP contribution >= 0.6 is 0 Å². The molecule has 0 fully saturated rings. The molecule has 0 spiro atoms. The summed E-state index contributed by atoms with van der Waals surface area (Å²) in [5.74, 6) is 0.820. The lowest BCUT2D eigenvalue weighted by molar-refractivity contribution is 0.0827. The molecule has 1 rings (SSSR count). The van der Waals surface area contributed by atoms with E-state index in [1.54, 1.807) is 25.2 Å². The Kier molecular flexibility index (Phi) is 5.62. The van der Waals surface area contributed by atoms with Crippen molar-refractivity contribution in [2.75, 3.05) is 19.4 Å². The zero-order valence-corrected chi connectivity index (χ0v) is 11.7. The summed E-state index contributed by atoms with van der Waals surface area (Å²) in [7, 11) is 3.48. The minimum Gasteiger partial charge on any atom is -0.367 e. The van der Waals surface area contributed by atoms with Gasteiger partial charge in [0.1, 0.15) is 5.82 Å². The number of hydrogen-bond donors (Lipinski definition) is 1. The fourth-order valence-corrected chi connectivity index (χ4v) is 1.80. The number of nitrogens with one attached hydrogen (secondary N) is 1. The molecule has 1 unspecified atom stereocenters. The molecule has 0 aliphatic rings. The highest BCUT2D eigenvalue weighted by atomic mass is 16.2. The fourth-order valence-electron chi connectivity index (χ4n) is 1.80. The van der Waals surface area contributed by atoms with Crippen LogP contribution in [0.4, 0.5) is 5.82 Å². The van der Waals surface area contributed by atoms with Gasteiger partial charge in [-0.1, -0.05) is 20.3 Å². The number of hydrogen-bond acceptors (Lipinski definition) is 3. The van der Waals surface area contributed by atoms with E-state index in [2.05, 4.69) is 24.1 Å². The Hall–Kier alpha value is -1.58. The predicted octanol–water partition coefficient (Wildman–Crippen LogP) is 2.77. The molecule has 4 nitrogen and oxygen atoms in total. The van der Waals surface area contributed by atoms with Gasteiger partial charge in [-0.25, -0.2) is 4.98 Å². The maximum absolute atomic E-state index is 11.7. The summed E-state index contributed by atoms with van der Waals surface area (Å²) in [6.07, 6.45) is 5.00. The summed E-state index contributed by atoms with van der Waals surface area (Å²) in [5.41, 5.74) is 0.620. The van der Waals surface area contributed by atoms with Gasteiger partial charge in [0.25, 0.3) is 5.91 Å². The second kappa shape index (κ2) is 6.99. The van der Waals surface area contributed by atoms with E-state index in [-0.39, 0.29) is 5.91 Å². The van der Waals surface area contributed by atoms with Gasteiger partial charge in [-0.05, 0) is 25.0 Å². The van der Waals surface area contributed by atoms with Crippen molar-refractivity contribution < 1.29 is 4.79 Å². The van der Waals surface area contributed by atoms with Crippen LogP contribution in [0.15, 0.2) is 18.3 Å². The van der Waals surface area contributed by atoms with Gasteiger partial charge in [-0.3, -0.25) is 4.79 Å². The third kappa shape index (κ3) is 4.02. The molecular weight excluding hydrogens is 226 g/mol. The van der Waals surface area contributed by atoms with Gasteiger partial charge in [-0.2, -0.15) is 0 Å². The van der Waals surface area contributed by atoms with E-state index in [0.29, 0.717) is 11.6 Å². The van der Waals surface area contributed by atoms with Crippen LogP contribution in [0.25, 0.3) is 0 Å². The zero-order chi connectivity index (χ0) is 13.5. The summed E-state index contributed by atoms with van der Waals surface area (Å²) in [4.78, 5) is 17.5. The van der Waals surface area contributed by atoms with Crippen LogP contribution < -0.4 is 5.32 Å². The summed E-state index contributed by atoms with van der Waals surface area (Å²) < 4.78 is 0.